The highest BCUT2D eigenvalue weighted by Gasteiger charge is 2.29. The van der Waals surface area contributed by atoms with E-state index in [0.717, 1.165) is 15.9 Å². The fourth-order valence-electron chi connectivity index (χ4n) is 2.81. The molecule has 0 bridgehead atoms. The van der Waals surface area contributed by atoms with E-state index in [1.165, 1.54) is 19.2 Å². The van der Waals surface area contributed by atoms with Gasteiger partial charge in [0.1, 0.15) is 17.6 Å². The lowest BCUT2D eigenvalue weighted by Crippen LogP contribution is -2.50. The Morgan fingerprint density at radius 1 is 1.42 bits per heavy atom. The van der Waals surface area contributed by atoms with E-state index in [0.29, 0.717) is 32.0 Å². The van der Waals surface area contributed by atoms with Gasteiger partial charge in [0.2, 0.25) is 0 Å². The monoisotopic (exact) mass is 362 g/mol. The van der Waals surface area contributed by atoms with E-state index in [1.807, 2.05) is 13.8 Å². The van der Waals surface area contributed by atoms with Gasteiger partial charge in [0.25, 0.3) is 11.5 Å². The average Bonchev–Trinajstić information content (AvgIpc) is 2.94. The van der Waals surface area contributed by atoms with Gasteiger partial charge in [-0.1, -0.05) is 5.16 Å². The fraction of sp³-hybridized carbons (Fsp3) is 0.529. The molecule has 0 aromatic carbocycles. The molecule has 0 unspecified atom stereocenters. The summed E-state index contributed by atoms with van der Waals surface area (Å²) in [7, 11) is 1.50. The molecule has 0 radical (unpaired) electrons. The molecule has 26 heavy (non-hydrogen) atoms. The van der Waals surface area contributed by atoms with Crippen LogP contribution in [-0.4, -0.2) is 46.2 Å². The Morgan fingerprint density at radius 2 is 2.23 bits per heavy atom. The first kappa shape index (κ1) is 18.3. The summed E-state index contributed by atoms with van der Waals surface area (Å²) in [6, 6.07) is 2.52. The number of hydrogen-bond donors (Lipinski definition) is 1. The molecule has 1 aliphatic rings. The van der Waals surface area contributed by atoms with E-state index in [1.54, 1.807) is 0 Å². The average molecular weight is 362 g/mol. The lowest BCUT2D eigenvalue weighted by atomic mass is 10.1. The largest absolute Gasteiger partial charge is 0.379 e. The van der Waals surface area contributed by atoms with Crippen LogP contribution in [0.25, 0.3) is 0 Å². The Bertz CT molecular complexity index is 824. The Labute approximate surface area is 150 Å². The maximum absolute atomic E-state index is 12.5. The predicted octanol–water partition coefficient (Wildman–Crippen LogP) is 0.489. The molecule has 0 saturated carbocycles. The second-order valence-electron chi connectivity index (χ2n) is 6.28. The third-order valence-electron chi connectivity index (χ3n) is 4.44. The van der Waals surface area contributed by atoms with Crippen molar-refractivity contribution in [3.8, 4) is 0 Å². The first-order chi connectivity index (χ1) is 12.5. The maximum Gasteiger partial charge on any atom is 0.272 e. The van der Waals surface area contributed by atoms with E-state index in [2.05, 4.69) is 15.6 Å². The number of aryl methyl sites for hydroxylation is 3. The Kier molecular flexibility index (Phi) is 5.48. The summed E-state index contributed by atoms with van der Waals surface area (Å²) in [5.74, 6) is 0.368. The second kappa shape index (κ2) is 7.79. The van der Waals surface area contributed by atoms with Gasteiger partial charge in [-0.3, -0.25) is 9.59 Å². The Hall–Kier alpha value is -2.52. The molecule has 3 heterocycles. The minimum Gasteiger partial charge on any atom is -0.379 e. The zero-order valence-electron chi connectivity index (χ0n) is 15.0. The van der Waals surface area contributed by atoms with Gasteiger partial charge in [-0.25, -0.2) is 4.68 Å². The van der Waals surface area contributed by atoms with Crippen molar-refractivity contribution in [2.24, 2.45) is 7.05 Å². The van der Waals surface area contributed by atoms with Crippen LogP contribution in [0.3, 0.4) is 0 Å². The molecule has 1 amide bonds. The van der Waals surface area contributed by atoms with Crippen LogP contribution in [0.1, 0.15) is 33.9 Å². The van der Waals surface area contributed by atoms with Gasteiger partial charge in [0.05, 0.1) is 24.9 Å². The van der Waals surface area contributed by atoms with E-state index in [9.17, 15) is 9.59 Å². The Morgan fingerprint density at radius 3 is 2.92 bits per heavy atom. The number of nitrogens with one attached hydrogen (secondary N) is 1. The van der Waals surface area contributed by atoms with Crippen LogP contribution in [0.15, 0.2) is 21.5 Å². The number of carbonyl (C=O) groups is 1. The lowest BCUT2D eigenvalue weighted by molar-refractivity contribution is -0.0739. The summed E-state index contributed by atoms with van der Waals surface area (Å²) in [6.45, 7) is 4.95. The standard InChI is InChI=1S/C17H22N4O5/c1-10-12(11(2)26-20-10)8-25-15-9-24-7-6-13(15)18-17(23)14-4-5-16(22)21(3)19-14/h4-5,13,15H,6-9H2,1-3H3,(H,18,23)/t13-,15-/m1/s1. The van der Waals surface area contributed by atoms with Crippen molar-refractivity contribution in [1.82, 2.24) is 20.3 Å². The molecule has 1 fully saturated rings. The molecule has 9 heteroatoms. The minimum atomic E-state index is -0.349. The number of hydrogen-bond acceptors (Lipinski definition) is 7. The Balaban J connectivity index is 1.65. The molecule has 9 nitrogen and oxygen atoms in total. The van der Waals surface area contributed by atoms with Crippen LogP contribution >= 0.6 is 0 Å². The van der Waals surface area contributed by atoms with Gasteiger partial charge in [-0.05, 0) is 26.3 Å². The summed E-state index contributed by atoms with van der Waals surface area (Å²) in [5.41, 5.74) is 1.60. The number of amides is 1. The maximum atomic E-state index is 12.5. The third kappa shape index (κ3) is 4.00. The summed E-state index contributed by atoms with van der Waals surface area (Å²) < 4.78 is 17.7. The van der Waals surface area contributed by atoms with Gasteiger partial charge in [0.15, 0.2) is 0 Å². The van der Waals surface area contributed by atoms with Gasteiger partial charge in [0, 0.05) is 25.3 Å². The lowest BCUT2D eigenvalue weighted by Gasteiger charge is -2.32. The van der Waals surface area contributed by atoms with E-state index in [-0.39, 0.29) is 29.3 Å². The molecule has 0 aliphatic carbocycles. The van der Waals surface area contributed by atoms with Crippen molar-refractivity contribution >= 4 is 5.91 Å². The van der Waals surface area contributed by atoms with Crippen molar-refractivity contribution in [3.63, 3.8) is 0 Å². The first-order valence-corrected chi connectivity index (χ1v) is 8.42. The first-order valence-electron chi connectivity index (χ1n) is 8.42. The summed E-state index contributed by atoms with van der Waals surface area (Å²) in [6.07, 6.45) is 0.331. The predicted molar refractivity (Wildman–Crippen MR) is 90.7 cm³/mol. The molecular weight excluding hydrogens is 340 g/mol. The van der Waals surface area contributed by atoms with Crippen LogP contribution in [0, 0.1) is 13.8 Å². The number of rotatable bonds is 5. The third-order valence-corrected chi connectivity index (χ3v) is 4.44. The molecule has 1 saturated heterocycles. The molecule has 2 atom stereocenters. The van der Waals surface area contributed by atoms with Crippen LogP contribution in [0.2, 0.25) is 0 Å². The summed E-state index contributed by atoms with van der Waals surface area (Å²) in [4.78, 5) is 23.9. The van der Waals surface area contributed by atoms with Crippen molar-refractivity contribution < 1.29 is 18.8 Å². The summed E-state index contributed by atoms with van der Waals surface area (Å²) in [5, 5.41) is 10.8. The van der Waals surface area contributed by atoms with Crippen molar-refractivity contribution in [3.05, 3.63) is 45.2 Å². The van der Waals surface area contributed by atoms with Gasteiger partial charge >= 0.3 is 0 Å². The van der Waals surface area contributed by atoms with Crippen LogP contribution in [-0.2, 0) is 23.1 Å². The molecule has 0 spiro atoms. The normalized spacial score (nSPS) is 20.1. The van der Waals surface area contributed by atoms with Gasteiger partial charge in [-0.15, -0.1) is 0 Å². The fourth-order valence-corrected chi connectivity index (χ4v) is 2.81. The summed E-state index contributed by atoms with van der Waals surface area (Å²) >= 11 is 0. The smallest absolute Gasteiger partial charge is 0.272 e. The SMILES string of the molecule is Cc1noc(C)c1CO[C@@H]1COCC[C@H]1NC(=O)c1ccc(=O)n(C)n1. The van der Waals surface area contributed by atoms with Crippen molar-refractivity contribution in [2.45, 2.75) is 39.0 Å². The molecule has 1 N–H and O–H groups in total. The molecule has 1 aliphatic heterocycles. The number of carbonyl (C=O) groups excluding carboxylic acids is 1. The second-order valence-corrected chi connectivity index (χ2v) is 6.28. The van der Waals surface area contributed by atoms with Gasteiger partial charge < -0.3 is 19.3 Å². The number of aromatic nitrogens is 3. The highest BCUT2D eigenvalue weighted by Crippen LogP contribution is 2.18. The molecule has 140 valence electrons. The van der Waals surface area contributed by atoms with Crippen LogP contribution < -0.4 is 10.9 Å². The molecule has 2 aromatic heterocycles. The highest BCUT2D eigenvalue weighted by atomic mass is 16.5. The quantitative estimate of drug-likeness (QED) is 0.824. The topological polar surface area (TPSA) is 108 Å². The number of ether oxygens (including phenoxy) is 2. The van der Waals surface area contributed by atoms with Crippen molar-refractivity contribution in [1.29, 1.82) is 0 Å². The van der Waals surface area contributed by atoms with E-state index < -0.39 is 0 Å². The highest BCUT2D eigenvalue weighted by molar-refractivity contribution is 5.92. The van der Waals surface area contributed by atoms with Crippen LogP contribution in [0.5, 0.6) is 0 Å². The zero-order chi connectivity index (χ0) is 18.7. The van der Waals surface area contributed by atoms with Gasteiger partial charge in [-0.2, -0.15) is 5.10 Å². The molecular formula is C17H22N4O5. The number of nitrogens with zero attached hydrogens (tertiary/aromatic N) is 3. The zero-order valence-corrected chi connectivity index (χ0v) is 15.0. The van der Waals surface area contributed by atoms with Crippen molar-refractivity contribution in [2.75, 3.05) is 13.2 Å². The van der Waals surface area contributed by atoms with E-state index >= 15 is 0 Å². The molecule has 2 aromatic rings. The van der Waals surface area contributed by atoms with Crippen LogP contribution in [0.4, 0.5) is 0 Å². The molecule has 3 rings (SSSR count). The minimum absolute atomic E-state index is 0.183. The van der Waals surface area contributed by atoms with E-state index in [4.69, 9.17) is 14.0 Å².